The Morgan fingerprint density at radius 2 is 1.44 bits per heavy atom. The van der Waals surface area contributed by atoms with Crippen LogP contribution in [-0.4, -0.2) is 101 Å². The summed E-state index contributed by atoms with van der Waals surface area (Å²) in [7, 11) is 4.60. The Morgan fingerprint density at radius 1 is 0.878 bits per heavy atom. The van der Waals surface area contributed by atoms with Gasteiger partial charge in [-0.2, -0.15) is 5.10 Å². The summed E-state index contributed by atoms with van der Waals surface area (Å²) in [5.41, 5.74) is 4.09. The first-order chi connectivity index (χ1) is 19.8. The number of carbonyl (C=O) groups is 3. The Kier molecular flexibility index (Phi) is 6.72. The molecule has 3 amide bonds. The third-order valence-corrected chi connectivity index (χ3v) is 8.12. The second kappa shape index (κ2) is 10.4. The molecule has 0 bridgehead atoms. The molecule has 1 unspecified atom stereocenters. The second-order valence-corrected chi connectivity index (χ2v) is 10.8. The lowest BCUT2D eigenvalue weighted by Crippen LogP contribution is -2.66. The molecule has 11 heteroatoms. The van der Waals surface area contributed by atoms with E-state index in [4.69, 9.17) is 14.5 Å². The molecule has 1 aromatic heterocycles. The molecule has 0 N–H and O–H groups in total. The van der Waals surface area contributed by atoms with Gasteiger partial charge >= 0.3 is 12.2 Å². The standard InChI is InChI=1S/C30H32N6O5/c1-33-17-25(14-31-33)23-6-4-21(5-7-23)22-8-10-24(11-9-22)26-32-30(18-35(19-30)29(39)41-3)27(37)36(26)16-20-12-13-34(15-20)28(38)40-2/h4-11,14,17,20H,12-13,15-16,18-19H2,1-3H3. The van der Waals surface area contributed by atoms with Crippen LogP contribution in [0.1, 0.15) is 12.0 Å². The number of hydrogen-bond donors (Lipinski definition) is 0. The fraction of sp³-hybridized carbons (Fsp3) is 0.367. The zero-order chi connectivity index (χ0) is 28.7. The van der Waals surface area contributed by atoms with Crippen LogP contribution in [0.2, 0.25) is 0 Å². The highest BCUT2D eigenvalue weighted by atomic mass is 16.5. The Bertz CT molecular complexity index is 1510. The minimum absolute atomic E-state index is 0.0905. The van der Waals surface area contributed by atoms with Crippen molar-refractivity contribution in [3.8, 4) is 22.3 Å². The fourth-order valence-electron chi connectivity index (χ4n) is 5.87. The normalized spacial score (nSPS) is 19.4. The van der Waals surface area contributed by atoms with Gasteiger partial charge in [0.25, 0.3) is 5.91 Å². The number of carbonyl (C=O) groups excluding carboxylic acids is 3. The predicted octanol–water partition coefficient (Wildman–Crippen LogP) is 3.25. The molecule has 2 aromatic carbocycles. The van der Waals surface area contributed by atoms with E-state index in [1.807, 2.05) is 43.7 Å². The van der Waals surface area contributed by atoms with Crippen molar-refractivity contribution in [2.24, 2.45) is 18.0 Å². The van der Waals surface area contributed by atoms with E-state index < -0.39 is 11.6 Å². The highest BCUT2D eigenvalue weighted by Crippen LogP contribution is 2.36. The molecule has 0 saturated carbocycles. The molecule has 2 fully saturated rings. The summed E-state index contributed by atoms with van der Waals surface area (Å²) < 4.78 is 11.5. The van der Waals surface area contributed by atoms with Crippen molar-refractivity contribution in [3.63, 3.8) is 0 Å². The van der Waals surface area contributed by atoms with Gasteiger partial charge in [-0.3, -0.25) is 14.4 Å². The second-order valence-electron chi connectivity index (χ2n) is 10.8. The van der Waals surface area contributed by atoms with Crippen molar-refractivity contribution in [1.29, 1.82) is 0 Å². The summed E-state index contributed by atoms with van der Waals surface area (Å²) in [6.45, 7) is 1.89. The molecule has 0 radical (unpaired) electrons. The first-order valence-corrected chi connectivity index (χ1v) is 13.6. The number of amides is 3. The number of aromatic nitrogens is 2. The largest absolute Gasteiger partial charge is 0.453 e. The summed E-state index contributed by atoms with van der Waals surface area (Å²) in [5.74, 6) is 0.557. The number of aliphatic imine (C=N–C) groups is 1. The molecule has 3 aromatic rings. The molecule has 3 aliphatic rings. The van der Waals surface area contributed by atoms with Crippen molar-refractivity contribution < 1.29 is 23.9 Å². The number of nitrogens with zero attached hydrogens (tertiary/aromatic N) is 6. The van der Waals surface area contributed by atoms with E-state index in [0.29, 0.717) is 25.5 Å². The zero-order valence-corrected chi connectivity index (χ0v) is 23.3. The monoisotopic (exact) mass is 556 g/mol. The Balaban J connectivity index is 1.24. The van der Waals surface area contributed by atoms with Gasteiger partial charge in [0, 0.05) is 44.0 Å². The molecule has 1 atom stereocenters. The van der Waals surface area contributed by atoms with Crippen molar-refractivity contribution in [3.05, 3.63) is 66.5 Å². The number of aryl methyl sites for hydroxylation is 1. The van der Waals surface area contributed by atoms with E-state index in [1.54, 1.807) is 14.5 Å². The average Bonchev–Trinajstić information content (AvgIpc) is 3.70. The smallest absolute Gasteiger partial charge is 0.409 e. The molecule has 1 spiro atoms. The van der Waals surface area contributed by atoms with Crippen LogP contribution in [0.3, 0.4) is 0 Å². The molecule has 4 heterocycles. The molecule has 11 nitrogen and oxygen atoms in total. The van der Waals surface area contributed by atoms with Crippen LogP contribution in [0.25, 0.3) is 22.3 Å². The lowest BCUT2D eigenvalue weighted by molar-refractivity contribution is -0.136. The number of ether oxygens (including phenoxy) is 2. The summed E-state index contributed by atoms with van der Waals surface area (Å²) in [6.07, 6.45) is 3.76. The SMILES string of the molecule is COC(=O)N1CCC(CN2C(=O)C3(CN(C(=O)OC)C3)N=C2c2ccc(-c3ccc(-c4cnn(C)c4)cc3)cc2)C1. The van der Waals surface area contributed by atoms with E-state index in [0.717, 1.165) is 34.2 Å². The minimum Gasteiger partial charge on any atom is -0.453 e. The number of hydrogen-bond acceptors (Lipinski definition) is 7. The van der Waals surface area contributed by atoms with Crippen LogP contribution in [-0.2, 0) is 21.3 Å². The van der Waals surface area contributed by atoms with E-state index >= 15 is 0 Å². The van der Waals surface area contributed by atoms with Crippen LogP contribution in [0, 0.1) is 5.92 Å². The topological polar surface area (TPSA) is 110 Å². The van der Waals surface area contributed by atoms with E-state index in [2.05, 4.69) is 29.4 Å². The minimum atomic E-state index is -1.01. The van der Waals surface area contributed by atoms with Gasteiger partial charge < -0.3 is 19.3 Å². The molecule has 41 heavy (non-hydrogen) atoms. The van der Waals surface area contributed by atoms with Crippen molar-refractivity contribution in [2.45, 2.75) is 12.0 Å². The van der Waals surface area contributed by atoms with Crippen LogP contribution in [0.5, 0.6) is 0 Å². The van der Waals surface area contributed by atoms with Crippen molar-refractivity contribution in [1.82, 2.24) is 24.5 Å². The third kappa shape index (κ3) is 4.81. The van der Waals surface area contributed by atoms with Crippen LogP contribution in [0.15, 0.2) is 65.9 Å². The van der Waals surface area contributed by atoms with E-state index in [-0.39, 0.29) is 31.0 Å². The van der Waals surface area contributed by atoms with Crippen LogP contribution in [0.4, 0.5) is 9.59 Å². The van der Waals surface area contributed by atoms with E-state index in [1.165, 1.54) is 19.1 Å². The van der Waals surface area contributed by atoms with Gasteiger partial charge in [0.15, 0.2) is 5.54 Å². The highest BCUT2D eigenvalue weighted by Gasteiger charge is 2.58. The summed E-state index contributed by atoms with van der Waals surface area (Å²) in [4.78, 5) is 47.6. The van der Waals surface area contributed by atoms with Gasteiger partial charge in [-0.15, -0.1) is 0 Å². The predicted molar refractivity (Wildman–Crippen MR) is 151 cm³/mol. The molecule has 3 aliphatic heterocycles. The summed E-state index contributed by atoms with van der Waals surface area (Å²) in [5, 5.41) is 4.25. The Labute approximate surface area is 237 Å². The molecule has 0 aliphatic carbocycles. The average molecular weight is 557 g/mol. The Morgan fingerprint density at radius 3 is 2.00 bits per heavy atom. The lowest BCUT2D eigenvalue weighted by Gasteiger charge is -2.43. The molecular formula is C30H32N6O5. The van der Waals surface area contributed by atoms with Crippen LogP contribution < -0.4 is 0 Å². The first kappa shape index (κ1) is 26.5. The zero-order valence-electron chi connectivity index (χ0n) is 23.3. The quantitative estimate of drug-likeness (QED) is 0.477. The van der Waals surface area contributed by atoms with Gasteiger partial charge in [0.05, 0.1) is 33.5 Å². The van der Waals surface area contributed by atoms with Gasteiger partial charge in [0.2, 0.25) is 0 Å². The molecule has 2 saturated heterocycles. The maximum absolute atomic E-state index is 13.8. The number of methoxy groups -OCH3 is 2. The van der Waals surface area contributed by atoms with Crippen molar-refractivity contribution >= 4 is 23.9 Å². The Hall–Kier alpha value is -4.67. The van der Waals surface area contributed by atoms with Gasteiger partial charge in [-0.25, -0.2) is 14.6 Å². The van der Waals surface area contributed by atoms with Gasteiger partial charge in [-0.05, 0) is 29.0 Å². The third-order valence-electron chi connectivity index (χ3n) is 8.12. The summed E-state index contributed by atoms with van der Waals surface area (Å²) in [6, 6.07) is 16.3. The van der Waals surface area contributed by atoms with Gasteiger partial charge in [0.1, 0.15) is 5.84 Å². The molecular weight excluding hydrogens is 524 g/mol. The lowest BCUT2D eigenvalue weighted by atomic mass is 9.90. The van der Waals surface area contributed by atoms with E-state index in [9.17, 15) is 14.4 Å². The van der Waals surface area contributed by atoms with Gasteiger partial charge in [-0.1, -0.05) is 48.5 Å². The summed E-state index contributed by atoms with van der Waals surface area (Å²) >= 11 is 0. The number of amidine groups is 1. The maximum atomic E-state index is 13.8. The maximum Gasteiger partial charge on any atom is 0.409 e. The number of rotatable bonds is 5. The molecule has 212 valence electrons. The first-order valence-electron chi connectivity index (χ1n) is 13.6. The van der Waals surface area contributed by atoms with Crippen molar-refractivity contribution in [2.75, 3.05) is 46.9 Å². The van der Waals surface area contributed by atoms with Crippen LogP contribution >= 0.6 is 0 Å². The highest BCUT2D eigenvalue weighted by molar-refractivity contribution is 6.16. The number of likely N-dealkylation sites (tertiary alicyclic amines) is 2. The number of benzene rings is 2. The fourth-order valence-corrected chi connectivity index (χ4v) is 5.87. The molecule has 6 rings (SSSR count).